The van der Waals surface area contributed by atoms with E-state index in [0.717, 1.165) is 10.9 Å². The molecule has 3 rings (SSSR count). The molecular weight excluding hydrogens is 426 g/mol. The molecule has 0 radical (unpaired) electrons. The van der Waals surface area contributed by atoms with E-state index in [0.29, 0.717) is 29.0 Å². The van der Waals surface area contributed by atoms with Crippen LogP contribution in [-0.4, -0.2) is 21.7 Å². The molecule has 1 amide bonds. The smallest absolute Gasteiger partial charge is 0.231 e. The molecule has 7 nitrogen and oxygen atoms in total. The number of benzene rings is 2. The van der Waals surface area contributed by atoms with Crippen LogP contribution in [0.4, 0.5) is 11.5 Å². The summed E-state index contributed by atoms with van der Waals surface area (Å²) in [4.78, 5) is 33.7. The van der Waals surface area contributed by atoms with Crippen molar-refractivity contribution >= 4 is 34.1 Å². The Labute approximate surface area is 199 Å². The number of ketones is 1. The number of anilines is 2. The Kier molecular flexibility index (Phi) is 8.29. The number of hydrogen-bond acceptors (Lipinski definition) is 6. The second-order valence-electron chi connectivity index (χ2n) is 7.78. The molecule has 1 aromatic heterocycles. The Balaban J connectivity index is 1.82. The summed E-state index contributed by atoms with van der Waals surface area (Å²) in [6, 6.07) is 12.9. The second-order valence-corrected chi connectivity index (χ2v) is 7.78. The molecule has 2 unspecified atom stereocenters. The Hall–Kier alpha value is -4.26. The molecule has 4 N–H and O–H groups in total. The zero-order valence-corrected chi connectivity index (χ0v) is 19.4. The van der Waals surface area contributed by atoms with Crippen LogP contribution in [0.1, 0.15) is 42.2 Å². The Bertz CT molecular complexity index is 1250. The molecule has 34 heavy (non-hydrogen) atoms. The van der Waals surface area contributed by atoms with E-state index in [-0.39, 0.29) is 23.7 Å². The van der Waals surface area contributed by atoms with Crippen molar-refractivity contribution in [2.45, 2.75) is 26.3 Å². The first-order valence-electron chi connectivity index (χ1n) is 11.1. The first-order chi connectivity index (χ1) is 16.5. The molecule has 0 saturated heterocycles. The molecule has 2 atom stereocenters. The number of hydrogen-bond donors (Lipinski definition) is 3. The maximum atomic E-state index is 12.6. The van der Waals surface area contributed by atoms with Gasteiger partial charge < -0.3 is 16.4 Å². The molecule has 7 heteroatoms. The van der Waals surface area contributed by atoms with Crippen molar-refractivity contribution in [3.05, 3.63) is 97.0 Å². The van der Waals surface area contributed by atoms with Gasteiger partial charge in [-0.15, -0.1) is 6.58 Å². The molecule has 0 fully saturated rings. The average molecular weight is 456 g/mol. The van der Waals surface area contributed by atoms with E-state index in [9.17, 15) is 9.59 Å². The van der Waals surface area contributed by atoms with Gasteiger partial charge in [-0.25, -0.2) is 9.97 Å². The predicted molar refractivity (Wildman–Crippen MR) is 137 cm³/mol. The molecule has 174 valence electrons. The average Bonchev–Trinajstić information content (AvgIpc) is 2.84. The Morgan fingerprint density at radius 3 is 2.71 bits per heavy atom. The van der Waals surface area contributed by atoms with Crippen LogP contribution < -0.4 is 16.4 Å². The Morgan fingerprint density at radius 2 is 1.97 bits per heavy atom. The highest BCUT2D eigenvalue weighted by Crippen LogP contribution is 2.27. The number of rotatable bonds is 10. The summed E-state index contributed by atoms with van der Waals surface area (Å²) in [7, 11) is 0. The third kappa shape index (κ3) is 5.75. The van der Waals surface area contributed by atoms with Crippen molar-refractivity contribution in [2.75, 3.05) is 10.6 Å². The highest BCUT2D eigenvalue weighted by atomic mass is 16.2. The zero-order valence-electron chi connectivity index (χ0n) is 19.4. The van der Waals surface area contributed by atoms with Gasteiger partial charge >= 0.3 is 0 Å². The Morgan fingerprint density at radius 1 is 1.18 bits per heavy atom. The standard InChI is InChI=1S/C27H29N5O2/c1-4-6-9-19(5-2)27(34)32-21-11-7-10-20(16-21)18(3)31-26-23-13-8-12-22(24(33)14-15-28)25(23)29-17-30-26/h4-8,10-19H,2,9,28H2,1,3H3,(H,32,34)(H,29,30,31)/b6-4-,15-14+. The molecule has 0 aliphatic rings. The van der Waals surface area contributed by atoms with Gasteiger partial charge in [0.15, 0.2) is 5.78 Å². The number of allylic oxidation sites excluding steroid dienone is 3. The van der Waals surface area contributed by atoms with Crippen molar-refractivity contribution < 1.29 is 9.59 Å². The topological polar surface area (TPSA) is 110 Å². The summed E-state index contributed by atoms with van der Waals surface area (Å²) in [6.45, 7) is 7.70. The summed E-state index contributed by atoms with van der Waals surface area (Å²) in [6.07, 6.45) is 10.1. The third-order valence-electron chi connectivity index (χ3n) is 5.43. The van der Waals surface area contributed by atoms with Gasteiger partial charge in [-0.1, -0.05) is 36.4 Å². The van der Waals surface area contributed by atoms with Crippen LogP contribution in [0, 0.1) is 5.92 Å². The van der Waals surface area contributed by atoms with Crippen LogP contribution in [0.2, 0.25) is 0 Å². The van der Waals surface area contributed by atoms with E-state index in [1.165, 1.54) is 18.6 Å². The van der Waals surface area contributed by atoms with Crippen LogP contribution >= 0.6 is 0 Å². The minimum absolute atomic E-state index is 0.101. The summed E-state index contributed by atoms with van der Waals surface area (Å²) < 4.78 is 0. The van der Waals surface area contributed by atoms with Crippen molar-refractivity contribution in [2.24, 2.45) is 11.7 Å². The number of carbonyl (C=O) groups excluding carboxylic acids is 2. The number of nitrogens with zero attached hydrogens (tertiary/aromatic N) is 2. The van der Waals surface area contributed by atoms with Gasteiger partial charge in [-0.2, -0.15) is 0 Å². The number of para-hydroxylation sites is 1. The van der Waals surface area contributed by atoms with Crippen LogP contribution in [0.15, 0.2) is 85.9 Å². The molecule has 1 heterocycles. The number of carbonyl (C=O) groups is 2. The number of nitrogens with one attached hydrogen (secondary N) is 2. The second kappa shape index (κ2) is 11.6. The summed E-state index contributed by atoms with van der Waals surface area (Å²) >= 11 is 0. The van der Waals surface area contributed by atoms with Crippen molar-refractivity contribution in [3.8, 4) is 0 Å². The van der Waals surface area contributed by atoms with Gasteiger partial charge in [0.1, 0.15) is 12.1 Å². The quantitative estimate of drug-likeness (QED) is 0.221. The predicted octanol–water partition coefficient (Wildman–Crippen LogP) is 5.16. The minimum atomic E-state index is -0.297. The summed E-state index contributed by atoms with van der Waals surface area (Å²) in [5.41, 5.74) is 8.05. The molecule has 0 saturated carbocycles. The summed E-state index contributed by atoms with van der Waals surface area (Å²) in [5, 5.41) is 7.10. The molecule has 0 bridgehead atoms. The molecule has 3 aromatic rings. The number of amides is 1. The van der Waals surface area contributed by atoms with Crippen LogP contribution in [0.5, 0.6) is 0 Å². The van der Waals surface area contributed by atoms with E-state index >= 15 is 0 Å². The highest BCUT2D eigenvalue weighted by Gasteiger charge is 2.16. The first kappa shape index (κ1) is 24.4. The normalized spacial score (nSPS) is 13.1. The summed E-state index contributed by atoms with van der Waals surface area (Å²) in [5.74, 6) is -0.0110. The third-order valence-corrected chi connectivity index (χ3v) is 5.43. The van der Waals surface area contributed by atoms with Gasteiger partial charge in [0, 0.05) is 22.7 Å². The van der Waals surface area contributed by atoms with Crippen molar-refractivity contribution in [1.82, 2.24) is 9.97 Å². The number of fused-ring (bicyclic) bond motifs is 1. The monoisotopic (exact) mass is 455 g/mol. The van der Waals surface area contributed by atoms with Crippen LogP contribution in [0.25, 0.3) is 10.9 Å². The van der Waals surface area contributed by atoms with Gasteiger partial charge in [0.05, 0.1) is 17.5 Å². The van der Waals surface area contributed by atoms with Gasteiger partial charge in [0.2, 0.25) is 5.91 Å². The van der Waals surface area contributed by atoms with E-state index < -0.39 is 0 Å². The fourth-order valence-electron chi connectivity index (χ4n) is 3.58. The largest absolute Gasteiger partial charge is 0.404 e. The van der Waals surface area contributed by atoms with E-state index in [1.807, 2.05) is 56.3 Å². The molecular formula is C27H29N5O2. The van der Waals surface area contributed by atoms with Gasteiger partial charge in [-0.3, -0.25) is 9.59 Å². The first-order valence-corrected chi connectivity index (χ1v) is 11.1. The maximum absolute atomic E-state index is 12.6. The lowest BCUT2D eigenvalue weighted by atomic mass is 10.0. The maximum Gasteiger partial charge on any atom is 0.231 e. The van der Waals surface area contributed by atoms with Gasteiger partial charge in [0.25, 0.3) is 0 Å². The lowest BCUT2D eigenvalue weighted by Gasteiger charge is -2.18. The molecule has 0 spiro atoms. The van der Waals surface area contributed by atoms with E-state index in [1.54, 1.807) is 18.2 Å². The fourth-order valence-corrected chi connectivity index (χ4v) is 3.58. The molecule has 0 aliphatic heterocycles. The number of aromatic nitrogens is 2. The molecule has 2 aromatic carbocycles. The van der Waals surface area contributed by atoms with Crippen molar-refractivity contribution in [1.29, 1.82) is 0 Å². The lowest BCUT2D eigenvalue weighted by molar-refractivity contribution is -0.118. The SMILES string of the molecule is C=CC(C/C=C\C)C(=O)Nc1cccc(C(C)Nc2ncnc3c(C(=O)/C=C/N)cccc23)c1. The van der Waals surface area contributed by atoms with Crippen molar-refractivity contribution in [3.63, 3.8) is 0 Å². The molecule has 0 aliphatic carbocycles. The minimum Gasteiger partial charge on any atom is -0.404 e. The van der Waals surface area contributed by atoms with Crippen LogP contribution in [-0.2, 0) is 4.79 Å². The fraction of sp³-hybridized carbons (Fsp3) is 0.185. The number of nitrogens with two attached hydrogens (primary N) is 1. The highest BCUT2D eigenvalue weighted by molar-refractivity contribution is 6.13. The van der Waals surface area contributed by atoms with Gasteiger partial charge in [-0.05, 0) is 56.3 Å². The van der Waals surface area contributed by atoms with Crippen LogP contribution in [0.3, 0.4) is 0 Å². The lowest BCUT2D eigenvalue weighted by Crippen LogP contribution is -2.21. The van der Waals surface area contributed by atoms with E-state index in [4.69, 9.17) is 5.73 Å². The zero-order chi connectivity index (χ0) is 24.5. The van der Waals surface area contributed by atoms with E-state index in [2.05, 4.69) is 27.2 Å².